The first kappa shape index (κ1) is 17.3. The zero-order chi connectivity index (χ0) is 14.7. The second-order valence-corrected chi connectivity index (χ2v) is 6.47. The average Bonchev–Trinajstić information content (AvgIpc) is 3.00. The predicted octanol–water partition coefficient (Wildman–Crippen LogP) is 1.78. The summed E-state index contributed by atoms with van der Waals surface area (Å²) in [5.74, 6) is 1.31. The molecule has 2 N–H and O–H groups in total. The maximum absolute atomic E-state index is 12.7. The lowest BCUT2D eigenvalue weighted by atomic mass is 9.86. The highest BCUT2D eigenvalue weighted by atomic mass is 35.5. The van der Waals surface area contributed by atoms with Crippen LogP contribution in [-0.2, 0) is 17.6 Å². The van der Waals surface area contributed by atoms with E-state index in [0.717, 1.165) is 57.7 Å². The number of likely N-dealkylation sites (tertiary alicyclic amines) is 1. The largest absolute Gasteiger partial charge is 0.342 e. The number of piperidine rings is 1. The molecule has 1 saturated heterocycles. The monoisotopic (exact) mass is 326 g/mol. The van der Waals surface area contributed by atoms with Crippen molar-refractivity contribution >= 4 is 18.3 Å². The number of nitrogens with one attached hydrogen (secondary N) is 2. The number of hydrogen-bond acceptors (Lipinski definition) is 3. The number of carbonyl (C=O) groups excluding carboxylic acids is 1. The van der Waals surface area contributed by atoms with Gasteiger partial charge >= 0.3 is 0 Å². The van der Waals surface area contributed by atoms with Crippen LogP contribution in [0.1, 0.15) is 36.9 Å². The van der Waals surface area contributed by atoms with Gasteiger partial charge in [-0.05, 0) is 57.2 Å². The lowest BCUT2D eigenvalue weighted by Gasteiger charge is -2.35. The van der Waals surface area contributed by atoms with E-state index in [1.54, 1.807) is 0 Å². The van der Waals surface area contributed by atoms with Crippen LogP contribution < -0.4 is 5.32 Å². The molecule has 1 atom stereocenters. The molecule has 2 aliphatic rings. The van der Waals surface area contributed by atoms with E-state index < -0.39 is 0 Å². The standard InChI is InChI=1S/C16H26N4O.ClH/c1-17-7-4-12-5-8-20(9-6-12)16(21)13-2-3-14-11-18-19-15(14)10-13;/h11-13,17H,2-10H2,1H3,(H,18,19);1H. The van der Waals surface area contributed by atoms with Gasteiger partial charge in [0, 0.05) is 31.1 Å². The molecule has 0 radical (unpaired) electrons. The van der Waals surface area contributed by atoms with Crippen molar-refractivity contribution in [2.75, 3.05) is 26.7 Å². The van der Waals surface area contributed by atoms with E-state index in [9.17, 15) is 4.79 Å². The summed E-state index contributed by atoms with van der Waals surface area (Å²) in [6.07, 6.45) is 8.27. The van der Waals surface area contributed by atoms with Gasteiger partial charge < -0.3 is 10.2 Å². The smallest absolute Gasteiger partial charge is 0.226 e. The number of rotatable bonds is 4. The Balaban J connectivity index is 0.00000176. The number of H-pyrrole nitrogens is 1. The van der Waals surface area contributed by atoms with Crippen LogP contribution in [0, 0.1) is 11.8 Å². The molecule has 0 bridgehead atoms. The van der Waals surface area contributed by atoms with Crippen LogP contribution in [-0.4, -0.2) is 47.7 Å². The van der Waals surface area contributed by atoms with E-state index >= 15 is 0 Å². The molecule has 1 aromatic heterocycles. The molecule has 6 heteroatoms. The third-order valence-corrected chi connectivity index (χ3v) is 5.10. The molecule has 124 valence electrons. The molecule has 1 aromatic rings. The van der Waals surface area contributed by atoms with Crippen molar-refractivity contribution in [2.45, 2.75) is 38.5 Å². The predicted molar refractivity (Wildman–Crippen MR) is 89.2 cm³/mol. The Bertz CT molecular complexity index is 482. The molecule has 5 nitrogen and oxygen atoms in total. The number of fused-ring (bicyclic) bond motifs is 1. The lowest BCUT2D eigenvalue weighted by molar-refractivity contribution is -0.137. The van der Waals surface area contributed by atoms with Crippen LogP contribution in [0.5, 0.6) is 0 Å². The molecule has 1 amide bonds. The van der Waals surface area contributed by atoms with Gasteiger partial charge in [0.1, 0.15) is 0 Å². The fourth-order valence-corrected chi connectivity index (χ4v) is 3.67. The third-order valence-electron chi connectivity index (χ3n) is 5.10. The fourth-order valence-electron chi connectivity index (χ4n) is 3.67. The Labute approximate surface area is 138 Å². The summed E-state index contributed by atoms with van der Waals surface area (Å²) in [5, 5.41) is 10.4. The first-order valence-electron chi connectivity index (χ1n) is 8.22. The summed E-state index contributed by atoms with van der Waals surface area (Å²) >= 11 is 0. The van der Waals surface area contributed by atoms with Crippen LogP contribution in [0.15, 0.2) is 6.20 Å². The van der Waals surface area contributed by atoms with Crippen molar-refractivity contribution in [3.63, 3.8) is 0 Å². The summed E-state index contributed by atoms with van der Waals surface area (Å²) in [7, 11) is 2.01. The Hall–Kier alpha value is -1.07. The number of carbonyl (C=O) groups is 1. The van der Waals surface area contributed by atoms with Gasteiger partial charge in [-0.2, -0.15) is 5.10 Å². The molecule has 1 fully saturated rings. The summed E-state index contributed by atoms with van der Waals surface area (Å²) in [5.41, 5.74) is 2.47. The van der Waals surface area contributed by atoms with E-state index in [-0.39, 0.29) is 18.3 Å². The Morgan fingerprint density at radius 2 is 2.18 bits per heavy atom. The van der Waals surface area contributed by atoms with Crippen molar-refractivity contribution in [1.29, 1.82) is 0 Å². The first-order valence-corrected chi connectivity index (χ1v) is 8.22. The molecule has 1 aliphatic carbocycles. The van der Waals surface area contributed by atoms with Gasteiger partial charge in [0.15, 0.2) is 0 Å². The number of halogens is 1. The third kappa shape index (κ3) is 3.82. The zero-order valence-electron chi connectivity index (χ0n) is 13.3. The molecule has 0 aromatic carbocycles. The van der Waals surface area contributed by atoms with Crippen LogP contribution in [0.25, 0.3) is 0 Å². The summed E-state index contributed by atoms with van der Waals surface area (Å²) in [6.45, 7) is 2.98. The topological polar surface area (TPSA) is 61.0 Å². The minimum atomic E-state index is 0. The molecule has 1 aliphatic heterocycles. The van der Waals surface area contributed by atoms with Crippen molar-refractivity contribution in [1.82, 2.24) is 20.4 Å². The first-order chi connectivity index (χ1) is 10.3. The molecular formula is C16H27ClN4O. The molecule has 2 heterocycles. The van der Waals surface area contributed by atoms with E-state index in [1.807, 2.05) is 13.2 Å². The second kappa shape index (κ2) is 7.97. The van der Waals surface area contributed by atoms with Gasteiger partial charge in [0.2, 0.25) is 5.91 Å². The molecule has 0 spiro atoms. The maximum atomic E-state index is 12.7. The van der Waals surface area contributed by atoms with Gasteiger partial charge in [0.05, 0.1) is 6.20 Å². The Morgan fingerprint density at radius 1 is 1.41 bits per heavy atom. The summed E-state index contributed by atoms with van der Waals surface area (Å²) in [4.78, 5) is 14.8. The van der Waals surface area contributed by atoms with Crippen molar-refractivity contribution in [3.05, 3.63) is 17.5 Å². The number of aromatic amines is 1. The van der Waals surface area contributed by atoms with Crippen molar-refractivity contribution < 1.29 is 4.79 Å². The number of hydrogen-bond donors (Lipinski definition) is 2. The van der Waals surface area contributed by atoms with Gasteiger partial charge in [-0.25, -0.2) is 0 Å². The zero-order valence-corrected chi connectivity index (χ0v) is 14.1. The summed E-state index contributed by atoms with van der Waals surface area (Å²) in [6, 6.07) is 0. The highest BCUT2D eigenvalue weighted by Gasteiger charge is 2.31. The molecule has 3 rings (SSSR count). The number of amides is 1. The van der Waals surface area contributed by atoms with E-state index in [1.165, 1.54) is 17.7 Å². The van der Waals surface area contributed by atoms with Crippen molar-refractivity contribution in [2.24, 2.45) is 11.8 Å². The van der Waals surface area contributed by atoms with Crippen LogP contribution in [0.2, 0.25) is 0 Å². The number of nitrogens with zero attached hydrogens (tertiary/aromatic N) is 2. The average molecular weight is 327 g/mol. The molecular weight excluding hydrogens is 300 g/mol. The van der Waals surface area contributed by atoms with Gasteiger partial charge in [-0.1, -0.05) is 0 Å². The maximum Gasteiger partial charge on any atom is 0.226 e. The highest BCUT2D eigenvalue weighted by Crippen LogP contribution is 2.27. The molecule has 22 heavy (non-hydrogen) atoms. The van der Waals surface area contributed by atoms with Crippen LogP contribution >= 0.6 is 12.4 Å². The van der Waals surface area contributed by atoms with Gasteiger partial charge in [0.25, 0.3) is 0 Å². The van der Waals surface area contributed by atoms with E-state index in [2.05, 4.69) is 20.4 Å². The Morgan fingerprint density at radius 3 is 2.91 bits per heavy atom. The van der Waals surface area contributed by atoms with Crippen LogP contribution in [0.3, 0.4) is 0 Å². The van der Waals surface area contributed by atoms with Gasteiger partial charge in [-0.15, -0.1) is 12.4 Å². The molecule has 0 saturated carbocycles. The molecule has 1 unspecified atom stereocenters. The number of aryl methyl sites for hydroxylation is 1. The van der Waals surface area contributed by atoms with Crippen molar-refractivity contribution in [3.8, 4) is 0 Å². The van der Waals surface area contributed by atoms with E-state index in [0.29, 0.717) is 5.91 Å². The van der Waals surface area contributed by atoms with Gasteiger partial charge in [-0.3, -0.25) is 9.89 Å². The summed E-state index contributed by atoms with van der Waals surface area (Å²) < 4.78 is 0. The second-order valence-electron chi connectivity index (χ2n) is 6.47. The quantitative estimate of drug-likeness (QED) is 0.886. The fraction of sp³-hybridized carbons (Fsp3) is 0.750. The Kier molecular flexibility index (Phi) is 6.26. The highest BCUT2D eigenvalue weighted by molar-refractivity contribution is 5.85. The van der Waals surface area contributed by atoms with Crippen LogP contribution in [0.4, 0.5) is 0 Å². The number of aromatic nitrogens is 2. The minimum absolute atomic E-state index is 0. The normalized spacial score (nSPS) is 22.0. The minimum Gasteiger partial charge on any atom is -0.342 e. The van der Waals surface area contributed by atoms with E-state index in [4.69, 9.17) is 0 Å². The SMILES string of the molecule is CNCCC1CCN(C(=O)C2CCc3cn[nH]c3C2)CC1.Cl. The lowest BCUT2D eigenvalue weighted by Crippen LogP contribution is -2.43.